The van der Waals surface area contributed by atoms with E-state index in [9.17, 15) is 4.79 Å². The van der Waals surface area contributed by atoms with Gasteiger partial charge >= 0.3 is 5.97 Å². The summed E-state index contributed by atoms with van der Waals surface area (Å²) >= 11 is 5.88. The Morgan fingerprint density at radius 3 is 2.54 bits per heavy atom. The third-order valence-electron chi connectivity index (χ3n) is 4.41. The Hall–Kier alpha value is -2.08. The van der Waals surface area contributed by atoms with E-state index in [1.54, 1.807) is 12.1 Å². The number of hydrogen-bond acceptors (Lipinski definition) is 5. The third-order valence-corrected chi connectivity index (χ3v) is 4.66. The lowest BCUT2D eigenvalue weighted by Gasteiger charge is -2.36. The topological polar surface area (TPSA) is 59.6 Å². The molecule has 0 amide bonds. The van der Waals surface area contributed by atoms with Crippen LogP contribution in [0.25, 0.3) is 0 Å². The van der Waals surface area contributed by atoms with Gasteiger partial charge < -0.3 is 14.8 Å². The molecule has 1 saturated heterocycles. The van der Waals surface area contributed by atoms with E-state index in [-0.39, 0.29) is 12.6 Å². The molecule has 1 heterocycles. The molecule has 1 aliphatic rings. The quantitative estimate of drug-likeness (QED) is 0.730. The molecule has 6 heteroatoms. The van der Waals surface area contributed by atoms with E-state index in [0.717, 1.165) is 17.9 Å². The van der Waals surface area contributed by atoms with Crippen LogP contribution in [0.15, 0.2) is 54.6 Å². The number of benzene rings is 2. The normalized spacial score (nSPS) is 19.7. The van der Waals surface area contributed by atoms with Gasteiger partial charge in [-0.3, -0.25) is 5.32 Å². The van der Waals surface area contributed by atoms with E-state index in [0.29, 0.717) is 31.1 Å². The summed E-state index contributed by atoms with van der Waals surface area (Å²) in [4.78, 5) is 12.8. The van der Waals surface area contributed by atoms with Crippen LogP contribution in [0.1, 0.15) is 12.0 Å². The zero-order chi connectivity index (χ0) is 18.2. The molecule has 0 aromatic heterocycles. The molecule has 26 heavy (non-hydrogen) atoms. The molecule has 2 aromatic rings. The number of halogens is 1. The minimum atomic E-state index is -0.778. The number of piperazine rings is 1. The van der Waals surface area contributed by atoms with Crippen molar-refractivity contribution < 1.29 is 14.3 Å². The molecule has 2 aromatic carbocycles. The number of carbonyl (C=O) groups is 1. The minimum absolute atomic E-state index is 0.256. The lowest BCUT2D eigenvalue weighted by molar-refractivity contribution is -0.154. The highest BCUT2D eigenvalue weighted by Crippen LogP contribution is 2.19. The summed E-state index contributed by atoms with van der Waals surface area (Å²) in [6.45, 7) is 2.72. The van der Waals surface area contributed by atoms with Crippen molar-refractivity contribution in [2.75, 3.05) is 26.2 Å². The molecule has 0 unspecified atom stereocenters. The van der Waals surface area contributed by atoms with Gasteiger partial charge in [-0.1, -0.05) is 41.9 Å². The number of ether oxygens (including phenoxy) is 2. The highest BCUT2D eigenvalue weighted by atomic mass is 35.5. The predicted octanol–water partition coefficient (Wildman–Crippen LogP) is 2.78. The van der Waals surface area contributed by atoms with Gasteiger partial charge in [-0.05, 0) is 29.8 Å². The maximum Gasteiger partial charge on any atom is 0.328 e. The summed E-state index contributed by atoms with van der Waals surface area (Å²) in [5.74, 6) is 0.472. The number of hydrogen-bond donors (Lipinski definition) is 2. The Labute approximate surface area is 158 Å². The number of esters is 1. The largest absolute Gasteiger partial charge is 0.494 e. The summed E-state index contributed by atoms with van der Waals surface area (Å²) in [6.07, 6.45) is 0.510. The van der Waals surface area contributed by atoms with Crippen molar-refractivity contribution in [2.45, 2.75) is 18.6 Å². The fourth-order valence-electron chi connectivity index (χ4n) is 2.91. The van der Waals surface area contributed by atoms with Gasteiger partial charge in [0.05, 0.1) is 6.61 Å². The predicted molar refractivity (Wildman–Crippen MR) is 101 cm³/mol. The Bertz CT molecular complexity index is 701. The smallest absolute Gasteiger partial charge is 0.328 e. The van der Waals surface area contributed by atoms with Crippen molar-refractivity contribution in [1.82, 2.24) is 10.6 Å². The van der Waals surface area contributed by atoms with Crippen LogP contribution in [0, 0.1) is 0 Å². The Balaban J connectivity index is 1.58. The molecule has 2 N–H and O–H groups in total. The maximum absolute atomic E-state index is 12.8. The summed E-state index contributed by atoms with van der Waals surface area (Å²) in [5, 5.41) is 7.26. The number of rotatable bonds is 7. The van der Waals surface area contributed by atoms with Crippen LogP contribution in [0.3, 0.4) is 0 Å². The van der Waals surface area contributed by atoms with Gasteiger partial charge in [0.1, 0.15) is 17.9 Å². The van der Waals surface area contributed by atoms with E-state index in [1.165, 1.54) is 0 Å². The van der Waals surface area contributed by atoms with Crippen molar-refractivity contribution in [3.63, 3.8) is 0 Å². The second-order valence-corrected chi connectivity index (χ2v) is 6.74. The molecule has 0 bridgehead atoms. The third kappa shape index (κ3) is 4.97. The van der Waals surface area contributed by atoms with Gasteiger partial charge in [-0.15, -0.1) is 0 Å². The van der Waals surface area contributed by atoms with E-state index < -0.39 is 5.54 Å². The van der Waals surface area contributed by atoms with Crippen LogP contribution in [-0.4, -0.2) is 37.7 Å². The summed E-state index contributed by atoms with van der Waals surface area (Å²) in [5.41, 5.74) is 0.191. The van der Waals surface area contributed by atoms with E-state index in [4.69, 9.17) is 21.1 Å². The molecule has 0 radical (unpaired) electrons. The van der Waals surface area contributed by atoms with E-state index in [2.05, 4.69) is 10.6 Å². The molecule has 3 rings (SSSR count). The molecule has 1 atom stereocenters. The van der Waals surface area contributed by atoms with E-state index in [1.807, 2.05) is 42.5 Å². The molecular formula is C20H23ClN2O3. The first kappa shape index (κ1) is 18.7. The first-order chi connectivity index (χ1) is 12.7. The lowest BCUT2D eigenvalue weighted by Crippen LogP contribution is -2.64. The average molecular weight is 375 g/mol. The minimum Gasteiger partial charge on any atom is -0.494 e. The van der Waals surface area contributed by atoms with Crippen LogP contribution in [0.5, 0.6) is 5.75 Å². The SMILES string of the molecule is O=C(OCc1ccccc1)[C@@]1(CCOc2ccc(Cl)cc2)CNCCN1. The van der Waals surface area contributed by atoms with Gasteiger partial charge in [0, 0.05) is 31.1 Å². The highest BCUT2D eigenvalue weighted by Gasteiger charge is 2.41. The van der Waals surface area contributed by atoms with Gasteiger partial charge in [0.15, 0.2) is 0 Å². The van der Waals surface area contributed by atoms with Crippen LogP contribution in [0.2, 0.25) is 5.02 Å². The zero-order valence-corrected chi connectivity index (χ0v) is 15.3. The lowest BCUT2D eigenvalue weighted by atomic mass is 9.93. The molecular weight excluding hydrogens is 352 g/mol. The summed E-state index contributed by atoms with van der Waals surface area (Å²) < 4.78 is 11.3. The summed E-state index contributed by atoms with van der Waals surface area (Å²) in [7, 11) is 0. The van der Waals surface area contributed by atoms with Gasteiger partial charge in [-0.25, -0.2) is 4.79 Å². The van der Waals surface area contributed by atoms with Gasteiger partial charge in [-0.2, -0.15) is 0 Å². The Morgan fingerprint density at radius 1 is 1.08 bits per heavy atom. The molecule has 138 valence electrons. The van der Waals surface area contributed by atoms with Gasteiger partial charge in [0.2, 0.25) is 0 Å². The Morgan fingerprint density at radius 2 is 1.85 bits per heavy atom. The first-order valence-corrected chi connectivity index (χ1v) is 9.11. The molecule has 0 aliphatic carbocycles. The highest BCUT2D eigenvalue weighted by molar-refractivity contribution is 6.30. The zero-order valence-electron chi connectivity index (χ0n) is 14.5. The molecule has 1 aliphatic heterocycles. The fraction of sp³-hybridized carbons (Fsp3) is 0.350. The van der Waals surface area contributed by atoms with Crippen molar-refractivity contribution >= 4 is 17.6 Å². The van der Waals surface area contributed by atoms with Crippen LogP contribution >= 0.6 is 11.6 Å². The van der Waals surface area contributed by atoms with Crippen molar-refractivity contribution in [3.8, 4) is 5.75 Å². The van der Waals surface area contributed by atoms with Gasteiger partial charge in [0.25, 0.3) is 0 Å². The molecule has 5 nitrogen and oxygen atoms in total. The van der Waals surface area contributed by atoms with Crippen molar-refractivity contribution in [1.29, 1.82) is 0 Å². The van der Waals surface area contributed by atoms with Crippen molar-refractivity contribution in [3.05, 3.63) is 65.2 Å². The number of nitrogens with one attached hydrogen (secondary N) is 2. The molecule has 0 saturated carbocycles. The second-order valence-electron chi connectivity index (χ2n) is 6.30. The monoisotopic (exact) mass is 374 g/mol. The van der Waals surface area contributed by atoms with E-state index >= 15 is 0 Å². The molecule has 1 fully saturated rings. The standard InChI is InChI=1S/C20H23ClN2O3/c21-17-6-8-18(9-7-17)25-13-10-20(15-22-11-12-23-20)19(24)26-14-16-4-2-1-3-5-16/h1-9,22-23H,10-15H2/t20-/m1/s1. The fourth-order valence-corrected chi connectivity index (χ4v) is 3.04. The van der Waals surface area contributed by atoms with Crippen LogP contribution < -0.4 is 15.4 Å². The van der Waals surface area contributed by atoms with Crippen LogP contribution in [-0.2, 0) is 16.1 Å². The van der Waals surface area contributed by atoms with Crippen molar-refractivity contribution in [2.24, 2.45) is 0 Å². The number of carbonyl (C=O) groups excluding carboxylic acids is 1. The first-order valence-electron chi connectivity index (χ1n) is 8.73. The molecule has 0 spiro atoms. The average Bonchev–Trinajstić information content (AvgIpc) is 2.69. The second kappa shape index (κ2) is 9.03. The summed E-state index contributed by atoms with van der Waals surface area (Å²) in [6, 6.07) is 16.9. The van der Waals surface area contributed by atoms with Crippen LogP contribution in [0.4, 0.5) is 0 Å². The maximum atomic E-state index is 12.8. The Kier molecular flexibility index (Phi) is 6.50.